The van der Waals surface area contributed by atoms with E-state index in [1.54, 1.807) is 24.3 Å². The average Bonchev–Trinajstić information content (AvgIpc) is 2.71. The normalized spacial score (nSPS) is 9.46. The summed E-state index contributed by atoms with van der Waals surface area (Å²) in [7, 11) is 0. The van der Waals surface area contributed by atoms with Gasteiger partial charge in [0.15, 0.2) is 0 Å². The highest BCUT2D eigenvalue weighted by molar-refractivity contribution is 5.53. The third kappa shape index (κ3) is 1.40. The Hall–Kier alpha value is -2.15. The molecule has 0 fully saturated rings. The van der Waals surface area contributed by atoms with E-state index >= 15 is 0 Å². The first-order valence-corrected chi connectivity index (χ1v) is 3.60. The van der Waals surface area contributed by atoms with Gasteiger partial charge in [-0.1, -0.05) is 0 Å². The largest absolute Gasteiger partial charge is 0.412 e. The Balaban J connectivity index is 2.40. The number of benzene rings is 1. The SMILES string of the molecule is N#Cc1ccc(-c2nn[c]o2)cc1. The smallest absolute Gasteiger partial charge is 0.306 e. The van der Waals surface area contributed by atoms with Crippen molar-refractivity contribution in [2.75, 3.05) is 0 Å². The monoisotopic (exact) mass is 170 g/mol. The van der Waals surface area contributed by atoms with Crippen LogP contribution in [0.2, 0.25) is 0 Å². The van der Waals surface area contributed by atoms with Gasteiger partial charge in [-0.2, -0.15) is 5.26 Å². The molecular formula is C9H4N3O. The van der Waals surface area contributed by atoms with E-state index in [-0.39, 0.29) is 0 Å². The molecule has 1 heterocycles. The van der Waals surface area contributed by atoms with E-state index < -0.39 is 0 Å². The third-order valence-electron chi connectivity index (χ3n) is 1.58. The van der Waals surface area contributed by atoms with E-state index in [1.807, 2.05) is 6.07 Å². The van der Waals surface area contributed by atoms with E-state index in [4.69, 9.17) is 9.68 Å². The van der Waals surface area contributed by atoms with E-state index in [0.29, 0.717) is 11.5 Å². The lowest BCUT2D eigenvalue weighted by atomic mass is 10.1. The van der Waals surface area contributed by atoms with Crippen LogP contribution in [0.4, 0.5) is 0 Å². The van der Waals surface area contributed by atoms with Crippen LogP contribution >= 0.6 is 0 Å². The second-order valence-electron chi connectivity index (χ2n) is 2.39. The molecule has 0 aliphatic heterocycles. The molecule has 0 saturated heterocycles. The molecule has 13 heavy (non-hydrogen) atoms. The van der Waals surface area contributed by atoms with Gasteiger partial charge in [-0.15, -0.1) is 10.2 Å². The Labute approximate surface area is 74.4 Å². The summed E-state index contributed by atoms with van der Waals surface area (Å²) < 4.78 is 4.86. The molecule has 0 aliphatic rings. The maximum atomic E-state index is 8.55. The number of rotatable bonds is 1. The zero-order chi connectivity index (χ0) is 9.10. The zero-order valence-corrected chi connectivity index (χ0v) is 6.56. The van der Waals surface area contributed by atoms with Gasteiger partial charge in [0.05, 0.1) is 11.6 Å². The molecule has 2 rings (SSSR count). The summed E-state index contributed by atoms with van der Waals surface area (Å²) in [6.07, 6.45) is 2.26. The fourth-order valence-electron chi connectivity index (χ4n) is 0.954. The minimum Gasteiger partial charge on any atom is -0.412 e. The van der Waals surface area contributed by atoms with Gasteiger partial charge in [-0.3, -0.25) is 0 Å². The molecule has 4 nitrogen and oxygen atoms in total. The van der Waals surface area contributed by atoms with Crippen molar-refractivity contribution in [3.8, 4) is 17.5 Å². The van der Waals surface area contributed by atoms with Crippen LogP contribution in [0.1, 0.15) is 5.56 Å². The minimum absolute atomic E-state index is 0.407. The highest BCUT2D eigenvalue weighted by Crippen LogP contribution is 2.15. The number of hydrogen-bond acceptors (Lipinski definition) is 4. The van der Waals surface area contributed by atoms with Crippen molar-refractivity contribution in [3.63, 3.8) is 0 Å². The number of hydrogen-bond donors (Lipinski definition) is 0. The Morgan fingerprint density at radius 2 is 2.08 bits per heavy atom. The Morgan fingerprint density at radius 1 is 1.31 bits per heavy atom. The van der Waals surface area contributed by atoms with Crippen molar-refractivity contribution in [2.24, 2.45) is 0 Å². The van der Waals surface area contributed by atoms with Crippen LogP contribution in [0.3, 0.4) is 0 Å². The summed E-state index contributed by atoms with van der Waals surface area (Å²) in [5, 5.41) is 15.7. The van der Waals surface area contributed by atoms with Crippen molar-refractivity contribution < 1.29 is 4.42 Å². The quantitative estimate of drug-likeness (QED) is 0.649. The Kier molecular flexibility index (Phi) is 1.77. The molecule has 1 radical (unpaired) electrons. The minimum atomic E-state index is 0.407. The molecule has 1 aromatic heterocycles. The fourth-order valence-corrected chi connectivity index (χ4v) is 0.954. The second-order valence-corrected chi connectivity index (χ2v) is 2.39. The maximum absolute atomic E-state index is 8.55. The molecule has 4 heteroatoms. The van der Waals surface area contributed by atoms with Crippen molar-refractivity contribution >= 4 is 0 Å². The lowest BCUT2D eigenvalue weighted by Gasteiger charge is -1.92. The number of nitrogens with zero attached hydrogens (tertiary/aromatic N) is 3. The van der Waals surface area contributed by atoms with Crippen molar-refractivity contribution in [2.45, 2.75) is 0 Å². The number of aromatic nitrogens is 2. The molecule has 0 amide bonds. The first kappa shape index (κ1) is 7.50. The lowest BCUT2D eigenvalue weighted by Crippen LogP contribution is -1.78. The molecule has 2 aromatic rings. The van der Waals surface area contributed by atoms with Crippen molar-refractivity contribution in [1.82, 2.24) is 10.2 Å². The van der Waals surface area contributed by atoms with Gasteiger partial charge >= 0.3 is 6.39 Å². The molecule has 1 aromatic carbocycles. The summed E-state index contributed by atoms with van der Waals surface area (Å²) in [6, 6.07) is 8.91. The predicted molar refractivity (Wildman–Crippen MR) is 43.3 cm³/mol. The van der Waals surface area contributed by atoms with Gasteiger partial charge in [0, 0.05) is 5.56 Å². The van der Waals surface area contributed by atoms with Crippen LogP contribution < -0.4 is 0 Å². The summed E-state index contributed by atoms with van der Waals surface area (Å²) in [5.74, 6) is 0.407. The van der Waals surface area contributed by atoms with Crippen LogP contribution in [-0.2, 0) is 0 Å². The van der Waals surface area contributed by atoms with Crippen molar-refractivity contribution in [1.29, 1.82) is 5.26 Å². The summed E-state index contributed by atoms with van der Waals surface area (Å²) >= 11 is 0. The van der Waals surface area contributed by atoms with Gasteiger partial charge in [-0.05, 0) is 24.3 Å². The molecule has 0 aliphatic carbocycles. The molecular weight excluding hydrogens is 166 g/mol. The van der Waals surface area contributed by atoms with Gasteiger partial charge in [0.25, 0.3) is 0 Å². The molecule has 0 saturated carbocycles. The molecule has 0 spiro atoms. The van der Waals surface area contributed by atoms with Crippen LogP contribution in [0, 0.1) is 17.7 Å². The second kappa shape index (κ2) is 3.07. The summed E-state index contributed by atoms with van der Waals surface area (Å²) in [6.45, 7) is 0. The molecule has 0 N–H and O–H groups in total. The number of nitriles is 1. The van der Waals surface area contributed by atoms with Crippen LogP contribution in [0.25, 0.3) is 11.5 Å². The first-order valence-electron chi connectivity index (χ1n) is 3.60. The molecule has 61 valence electrons. The lowest BCUT2D eigenvalue weighted by molar-refractivity contribution is 0.559. The Bertz CT molecular complexity index is 425. The van der Waals surface area contributed by atoms with E-state index in [9.17, 15) is 0 Å². The topological polar surface area (TPSA) is 62.7 Å². The highest BCUT2D eigenvalue weighted by Gasteiger charge is 2.02. The molecule has 0 atom stereocenters. The third-order valence-corrected chi connectivity index (χ3v) is 1.58. The fraction of sp³-hybridized carbons (Fsp3) is 0. The van der Waals surface area contributed by atoms with E-state index in [0.717, 1.165) is 5.56 Å². The summed E-state index contributed by atoms with van der Waals surface area (Å²) in [5.41, 5.74) is 1.39. The van der Waals surface area contributed by atoms with Crippen LogP contribution in [-0.4, -0.2) is 10.2 Å². The van der Waals surface area contributed by atoms with E-state index in [1.165, 1.54) is 0 Å². The summed E-state index contributed by atoms with van der Waals surface area (Å²) in [4.78, 5) is 0. The first-order chi connectivity index (χ1) is 6.40. The average molecular weight is 170 g/mol. The van der Waals surface area contributed by atoms with Crippen molar-refractivity contribution in [3.05, 3.63) is 36.2 Å². The van der Waals surface area contributed by atoms with Crippen LogP contribution in [0.15, 0.2) is 28.7 Å². The standard InChI is InChI=1S/C9H4N3O/c10-5-7-1-3-8(4-2-7)9-12-11-6-13-9/h1-4H. The zero-order valence-electron chi connectivity index (χ0n) is 6.56. The molecule has 0 unspecified atom stereocenters. The van der Waals surface area contributed by atoms with Gasteiger partial charge in [-0.25, -0.2) is 0 Å². The van der Waals surface area contributed by atoms with Crippen LogP contribution in [0.5, 0.6) is 0 Å². The van der Waals surface area contributed by atoms with Gasteiger partial charge in [0.1, 0.15) is 0 Å². The maximum Gasteiger partial charge on any atom is 0.306 e. The highest BCUT2D eigenvalue weighted by atomic mass is 16.4. The van der Waals surface area contributed by atoms with Gasteiger partial charge in [0.2, 0.25) is 5.89 Å². The predicted octanol–water partition coefficient (Wildman–Crippen LogP) is 1.41. The van der Waals surface area contributed by atoms with Gasteiger partial charge < -0.3 is 4.42 Å². The van der Waals surface area contributed by atoms with E-state index in [2.05, 4.69) is 16.6 Å². The molecule has 0 bridgehead atoms. The Morgan fingerprint density at radius 3 is 2.62 bits per heavy atom.